The summed E-state index contributed by atoms with van der Waals surface area (Å²) in [5, 5.41) is 3.43. The zero-order chi connectivity index (χ0) is 12.8. The Morgan fingerprint density at radius 1 is 1.41 bits per heavy atom. The van der Waals surface area contributed by atoms with Gasteiger partial charge in [0.2, 0.25) is 0 Å². The fourth-order valence-electron chi connectivity index (χ4n) is 2.92. The van der Waals surface area contributed by atoms with Gasteiger partial charge in [-0.15, -0.1) is 0 Å². The van der Waals surface area contributed by atoms with Gasteiger partial charge in [-0.2, -0.15) is 0 Å². The summed E-state index contributed by atoms with van der Waals surface area (Å²) in [5.74, 6) is 0.702. The molecule has 1 aliphatic rings. The van der Waals surface area contributed by atoms with Gasteiger partial charge in [-0.1, -0.05) is 20.8 Å². The number of rotatable bonds is 7. The normalized spacial score (nSPS) is 23.8. The van der Waals surface area contributed by atoms with Gasteiger partial charge in [0.25, 0.3) is 0 Å². The summed E-state index contributed by atoms with van der Waals surface area (Å²) in [5.41, 5.74) is 0. The van der Waals surface area contributed by atoms with Crippen molar-refractivity contribution in [2.75, 3.05) is 40.3 Å². The monoisotopic (exact) mass is 241 g/mol. The van der Waals surface area contributed by atoms with Gasteiger partial charge in [-0.3, -0.25) is 4.90 Å². The van der Waals surface area contributed by atoms with Crippen LogP contribution in [0.4, 0.5) is 0 Å². The van der Waals surface area contributed by atoms with Crippen LogP contribution in [0.5, 0.6) is 0 Å². The quantitative estimate of drug-likeness (QED) is 0.731. The molecule has 1 aliphatic heterocycles. The minimum absolute atomic E-state index is 0.608. The van der Waals surface area contributed by atoms with Gasteiger partial charge in [0.15, 0.2) is 0 Å². The second kappa shape index (κ2) is 7.34. The Balaban J connectivity index is 2.35. The molecule has 0 aromatic rings. The fraction of sp³-hybridized carbons (Fsp3) is 1.00. The molecule has 0 aliphatic carbocycles. The van der Waals surface area contributed by atoms with E-state index in [2.05, 4.69) is 50.0 Å². The third kappa shape index (κ3) is 4.57. The molecule has 1 heterocycles. The van der Waals surface area contributed by atoms with Crippen LogP contribution in [0.3, 0.4) is 0 Å². The molecule has 0 spiro atoms. The van der Waals surface area contributed by atoms with E-state index in [-0.39, 0.29) is 0 Å². The highest BCUT2D eigenvalue weighted by molar-refractivity contribution is 4.82. The van der Waals surface area contributed by atoms with E-state index in [4.69, 9.17) is 0 Å². The van der Waals surface area contributed by atoms with E-state index >= 15 is 0 Å². The summed E-state index contributed by atoms with van der Waals surface area (Å²) in [6.45, 7) is 11.8. The smallest absolute Gasteiger partial charge is 0.0223 e. The van der Waals surface area contributed by atoms with Crippen molar-refractivity contribution < 1.29 is 0 Å². The van der Waals surface area contributed by atoms with E-state index in [1.807, 2.05) is 0 Å². The maximum atomic E-state index is 3.43. The largest absolute Gasteiger partial charge is 0.315 e. The molecule has 2 atom stereocenters. The highest BCUT2D eigenvalue weighted by Crippen LogP contribution is 2.17. The molecule has 1 fully saturated rings. The number of likely N-dealkylation sites (N-methyl/N-ethyl adjacent to an activating group) is 3. The summed E-state index contributed by atoms with van der Waals surface area (Å²) in [4.78, 5) is 5.13. The summed E-state index contributed by atoms with van der Waals surface area (Å²) in [7, 11) is 4.34. The van der Waals surface area contributed by atoms with Crippen LogP contribution in [0.1, 0.15) is 33.6 Å². The molecule has 3 heteroatoms. The molecule has 0 amide bonds. The highest BCUT2D eigenvalue weighted by Gasteiger charge is 2.24. The van der Waals surface area contributed by atoms with Crippen molar-refractivity contribution >= 4 is 0 Å². The Hall–Kier alpha value is -0.120. The van der Waals surface area contributed by atoms with Gasteiger partial charge in [-0.25, -0.2) is 0 Å². The predicted octanol–water partition coefficient (Wildman–Crippen LogP) is 1.65. The standard InChI is InChI=1S/C14H31N3/c1-6-17-9-7-8-13(17)10-16(5)11-14(15-4)12(2)3/h12-15H,6-11H2,1-5H3. The fourth-order valence-corrected chi connectivity index (χ4v) is 2.92. The van der Waals surface area contributed by atoms with Crippen molar-refractivity contribution in [3.8, 4) is 0 Å². The van der Waals surface area contributed by atoms with Crippen molar-refractivity contribution in [2.45, 2.75) is 45.7 Å². The van der Waals surface area contributed by atoms with E-state index < -0.39 is 0 Å². The highest BCUT2D eigenvalue weighted by atomic mass is 15.2. The Labute approximate surface area is 108 Å². The summed E-state index contributed by atoms with van der Waals surface area (Å²) in [6.07, 6.45) is 2.76. The van der Waals surface area contributed by atoms with Crippen molar-refractivity contribution in [2.24, 2.45) is 5.92 Å². The van der Waals surface area contributed by atoms with Crippen molar-refractivity contribution in [1.82, 2.24) is 15.1 Å². The second-order valence-corrected chi connectivity index (χ2v) is 5.79. The Morgan fingerprint density at radius 2 is 2.12 bits per heavy atom. The molecule has 0 saturated carbocycles. The van der Waals surface area contributed by atoms with E-state index in [9.17, 15) is 0 Å². The first kappa shape index (κ1) is 14.9. The number of nitrogens with one attached hydrogen (secondary N) is 1. The predicted molar refractivity (Wildman–Crippen MR) is 75.5 cm³/mol. The molecule has 0 aromatic heterocycles. The van der Waals surface area contributed by atoms with Crippen LogP contribution in [0.15, 0.2) is 0 Å². The minimum Gasteiger partial charge on any atom is -0.315 e. The molecular formula is C14H31N3. The lowest BCUT2D eigenvalue weighted by molar-refractivity contribution is 0.181. The molecule has 0 radical (unpaired) electrons. The molecule has 17 heavy (non-hydrogen) atoms. The molecule has 1 saturated heterocycles. The molecule has 0 aromatic carbocycles. The van der Waals surface area contributed by atoms with E-state index in [1.165, 1.54) is 32.5 Å². The van der Waals surface area contributed by atoms with Crippen molar-refractivity contribution in [3.05, 3.63) is 0 Å². The van der Waals surface area contributed by atoms with Crippen LogP contribution in [-0.4, -0.2) is 62.2 Å². The first-order chi connectivity index (χ1) is 8.08. The minimum atomic E-state index is 0.608. The molecular weight excluding hydrogens is 210 g/mol. The second-order valence-electron chi connectivity index (χ2n) is 5.79. The van der Waals surface area contributed by atoms with Crippen LogP contribution in [0, 0.1) is 5.92 Å². The maximum Gasteiger partial charge on any atom is 0.0223 e. The van der Waals surface area contributed by atoms with Crippen molar-refractivity contribution in [3.63, 3.8) is 0 Å². The van der Waals surface area contributed by atoms with Gasteiger partial charge in [-0.05, 0) is 45.9 Å². The molecule has 1 rings (SSSR count). The van der Waals surface area contributed by atoms with Gasteiger partial charge >= 0.3 is 0 Å². The number of likely N-dealkylation sites (tertiary alicyclic amines) is 1. The molecule has 2 unspecified atom stereocenters. The zero-order valence-electron chi connectivity index (χ0n) is 12.4. The Kier molecular flexibility index (Phi) is 6.45. The lowest BCUT2D eigenvalue weighted by Gasteiger charge is -2.31. The van der Waals surface area contributed by atoms with Gasteiger partial charge < -0.3 is 10.2 Å². The lowest BCUT2D eigenvalue weighted by Crippen LogP contribution is -2.45. The summed E-state index contributed by atoms with van der Waals surface area (Å²) < 4.78 is 0. The zero-order valence-corrected chi connectivity index (χ0v) is 12.4. The van der Waals surface area contributed by atoms with Gasteiger partial charge in [0.05, 0.1) is 0 Å². The maximum absolute atomic E-state index is 3.43. The van der Waals surface area contributed by atoms with Gasteiger partial charge in [0, 0.05) is 25.2 Å². The van der Waals surface area contributed by atoms with Crippen LogP contribution < -0.4 is 5.32 Å². The van der Waals surface area contributed by atoms with E-state index in [0.29, 0.717) is 12.0 Å². The average molecular weight is 241 g/mol. The molecule has 3 nitrogen and oxygen atoms in total. The first-order valence-corrected chi connectivity index (χ1v) is 7.18. The van der Waals surface area contributed by atoms with Crippen LogP contribution in [-0.2, 0) is 0 Å². The topological polar surface area (TPSA) is 18.5 Å². The van der Waals surface area contributed by atoms with Crippen LogP contribution in [0.2, 0.25) is 0 Å². The average Bonchev–Trinajstić information content (AvgIpc) is 2.72. The Bertz CT molecular complexity index is 206. The molecule has 1 N–H and O–H groups in total. The van der Waals surface area contributed by atoms with Crippen LogP contribution >= 0.6 is 0 Å². The van der Waals surface area contributed by atoms with Gasteiger partial charge in [0.1, 0.15) is 0 Å². The number of nitrogens with zero attached hydrogens (tertiary/aromatic N) is 2. The van der Waals surface area contributed by atoms with E-state index in [1.54, 1.807) is 0 Å². The third-order valence-electron chi connectivity index (χ3n) is 4.11. The Morgan fingerprint density at radius 3 is 2.65 bits per heavy atom. The molecule has 102 valence electrons. The molecule has 0 bridgehead atoms. The SMILES string of the molecule is CCN1CCCC1CN(C)CC(NC)C(C)C. The van der Waals surface area contributed by atoms with E-state index in [0.717, 1.165) is 12.6 Å². The number of hydrogen-bond donors (Lipinski definition) is 1. The summed E-state index contributed by atoms with van der Waals surface area (Å²) >= 11 is 0. The van der Waals surface area contributed by atoms with Crippen LogP contribution in [0.25, 0.3) is 0 Å². The number of hydrogen-bond acceptors (Lipinski definition) is 3. The summed E-state index contributed by atoms with van der Waals surface area (Å²) in [6, 6.07) is 1.39. The first-order valence-electron chi connectivity index (χ1n) is 7.18. The van der Waals surface area contributed by atoms with Crippen molar-refractivity contribution in [1.29, 1.82) is 0 Å². The lowest BCUT2D eigenvalue weighted by atomic mass is 10.0. The third-order valence-corrected chi connectivity index (χ3v) is 4.11.